The molecule has 6 rings (SSSR count). The van der Waals surface area contributed by atoms with Gasteiger partial charge in [0.25, 0.3) is 11.8 Å². The molecule has 1 aliphatic carbocycles. The van der Waals surface area contributed by atoms with Crippen LogP contribution in [0, 0.1) is 11.8 Å². The third-order valence-corrected chi connectivity index (χ3v) is 8.63. The van der Waals surface area contributed by atoms with E-state index in [1.807, 2.05) is 6.08 Å². The number of nitrogens with zero attached hydrogens (tertiary/aromatic N) is 2. The van der Waals surface area contributed by atoms with Crippen molar-refractivity contribution in [3.8, 4) is 11.5 Å². The summed E-state index contributed by atoms with van der Waals surface area (Å²) in [5, 5.41) is 10.9. The summed E-state index contributed by atoms with van der Waals surface area (Å²) in [6.07, 6.45) is 1.36. The number of phenols is 1. The third-order valence-electron chi connectivity index (χ3n) is 8.09. The number of hydrogen-bond acceptors (Lipinski definition) is 6. The molecule has 2 amide bonds. The minimum atomic E-state index is -4.69. The molecule has 2 aromatic carbocycles. The average molecular weight is 628 g/mol. The highest BCUT2D eigenvalue weighted by molar-refractivity contribution is 6.33. The molecule has 1 saturated heterocycles. The van der Waals surface area contributed by atoms with Gasteiger partial charge in [0.2, 0.25) is 0 Å². The van der Waals surface area contributed by atoms with Crippen molar-refractivity contribution in [1.29, 1.82) is 0 Å². The molecule has 0 radical (unpaired) electrons. The second-order valence-electron chi connectivity index (χ2n) is 10.4. The molecule has 0 spiro atoms. The van der Waals surface area contributed by atoms with Gasteiger partial charge in [0.1, 0.15) is 11.5 Å². The molecule has 1 fully saturated rings. The summed E-state index contributed by atoms with van der Waals surface area (Å²) >= 11 is 12.3. The number of anilines is 1. The van der Waals surface area contributed by atoms with Gasteiger partial charge < -0.3 is 9.84 Å². The molecule has 43 heavy (non-hydrogen) atoms. The number of alkyl halides is 3. The molecule has 2 aliphatic heterocycles. The summed E-state index contributed by atoms with van der Waals surface area (Å²) < 4.78 is 45.6. The number of allylic oxidation sites excluding steroid dienone is 4. The Morgan fingerprint density at radius 3 is 2.56 bits per heavy atom. The molecular weight excluding hydrogens is 606 g/mol. The molecule has 3 atom stereocenters. The van der Waals surface area contributed by atoms with Crippen LogP contribution in [-0.2, 0) is 27.6 Å². The Morgan fingerprint density at radius 1 is 1.14 bits per heavy atom. The van der Waals surface area contributed by atoms with Crippen molar-refractivity contribution in [1.82, 2.24) is 9.99 Å². The van der Waals surface area contributed by atoms with Crippen LogP contribution < -0.4 is 10.2 Å². The summed E-state index contributed by atoms with van der Waals surface area (Å²) in [4.78, 5) is 32.5. The largest absolute Gasteiger partial charge is 0.508 e. The highest BCUT2D eigenvalue weighted by atomic mass is 35.5. The standard InChI is InChI=1S/C31H22Cl2F3N3O4/c1-2-16-3-9-23-28(41)39(38-27-24(33)13-20(14-37-27)31(34,35)36)29(42)30(23,19-4-6-21(32)7-5-19)26(16)18-11-17-12-22(40)8-10-25(17)43-15-18/h2-8,10,12-15,23,26,40H,1,9,11H2,(H,37,38). The van der Waals surface area contributed by atoms with E-state index in [0.717, 1.165) is 5.01 Å². The van der Waals surface area contributed by atoms with E-state index in [-0.39, 0.29) is 18.0 Å². The van der Waals surface area contributed by atoms with E-state index in [4.69, 9.17) is 27.9 Å². The number of nitrogens with one attached hydrogen (secondary N) is 1. The van der Waals surface area contributed by atoms with Crippen molar-refractivity contribution in [2.75, 3.05) is 5.43 Å². The molecule has 1 aromatic heterocycles. The Kier molecular flexibility index (Phi) is 7.01. The van der Waals surface area contributed by atoms with E-state index in [2.05, 4.69) is 17.0 Å². The molecule has 0 saturated carbocycles. The van der Waals surface area contributed by atoms with E-state index in [0.29, 0.717) is 51.7 Å². The van der Waals surface area contributed by atoms with Crippen molar-refractivity contribution >= 4 is 40.8 Å². The Bertz CT molecular complexity index is 1740. The van der Waals surface area contributed by atoms with Crippen molar-refractivity contribution < 1.29 is 32.6 Å². The van der Waals surface area contributed by atoms with Crippen molar-refractivity contribution in [3.05, 3.63) is 118 Å². The highest BCUT2D eigenvalue weighted by Gasteiger charge is 2.66. The lowest BCUT2D eigenvalue weighted by molar-refractivity contribution is -0.139. The van der Waals surface area contributed by atoms with E-state index < -0.39 is 45.8 Å². The molecule has 3 aromatic rings. The van der Waals surface area contributed by atoms with Crippen LogP contribution in [0.4, 0.5) is 19.0 Å². The SMILES string of the molecule is C=CC1=CCC2C(=O)N(Nc3ncc(C(F)(F)F)cc3Cl)C(=O)C2(c2ccc(Cl)cc2)C1C1=COc2ccc(O)cc2C1. The van der Waals surface area contributed by atoms with Gasteiger partial charge in [-0.1, -0.05) is 54.1 Å². The zero-order valence-corrected chi connectivity index (χ0v) is 23.7. The summed E-state index contributed by atoms with van der Waals surface area (Å²) in [6, 6.07) is 12.0. The number of halogens is 5. The Morgan fingerprint density at radius 2 is 1.88 bits per heavy atom. The predicted octanol–water partition coefficient (Wildman–Crippen LogP) is 7.01. The summed E-state index contributed by atoms with van der Waals surface area (Å²) in [5.41, 5.74) is 2.49. The number of carbonyl (C=O) groups excluding carboxylic acids is 2. The quantitative estimate of drug-likeness (QED) is 0.296. The van der Waals surface area contributed by atoms with Gasteiger partial charge in [-0.05, 0) is 59.5 Å². The number of aromatic hydroxyl groups is 1. The van der Waals surface area contributed by atoms with Crippen LogP contribution in [0.25, 0.3) is 0 Å². The Labute approximate surface area is 253 Å². The van der Waals surface area contributed by atoms with Crippen LogP contribution in [0.1, 0.15) is 23.1 Å². The van der Waals surface area contributed by atoms with Crippen molar-refractivity contribution in [3.63, 3.8) is 0 Å². The minimum absolute atomic E-state index is 0.0421. The summed E-state index contributed by atoms with van der Waals surface area (Å²) in [6.45, 7) is 3.97. The van der Waals surface area contributed by atoms with Crippen LogP contribution in [0.3, 0.4) is 0 Å². The van der Waals surface area contributed by atoms with E-state index in [9.17, 15) is 27.9 Å². The average Bonchev–Trinajstić information content (AvgIpc) is 3.19. The Balaban J connectivity index is 1.49. The first kappa shape index (κ1) is 28.8. The lowest BCUT2D eigenvalue weighted by Gasteiger charge is -2.44. The molecule has 2 N–H and O–H groups in total. The number of hydrazine groups is 1. The van der Waals surface area contributed by atoms with Gasteiger partial charge in [-0.25, -0.2) is 4.98 Å². The first-order chi connectivity index (χ1) is 20.4. The van der Waals surface area contributed by atoms with Gasteiger partial charge in [0.15, 0.2) is 5.82 Å². The molecular formula is C31H22Cl2F3N3O4. The van der Waals surface area contributed by atoms with Crippen molar-refractivity contribution in [2.24, 2.45) is 11.8 Å². The normalized spacial score (nSPS) is 23.1. The molecule has 12 heteroatoms. The fourth-order valence-corrected chi connectivity index (χ4v) is 6.57. The topological polar surface area (TPSA) is 91.8 Å². The monoisotopic (exact) mass is 627 g/mol. The maximum atomic E-state index is 14.7. The molecule has 7 nitrogen and oxygen atoms in total. The first-order valence-corrected chi connectivity index (χ1v) is 13.8. The highest BCUT2D eigenvalue weighted by Crippen LogP contribution is 2.57. The maximum absolute atomic E-state index is 14.7. The van der Waals surface area contributed by atoms with Crippen LogP contribution in [0.15, 0.2) is 90.9 Å². The Hall–Kier alpha value is -4.28. The molecule has 3 aliphatic rings. The molecule has 220 valence electrons. The van der Waals surface area contributed by atoms with E-state index in [1.165, 1.54) is 6.07 Å². The second-order valence-corrected chi connectivity index (χ2v) is 11.3. The number of aromatic nitrogens is 1. The van der Waals surface area contributed by atoms with Gasteiger partial charge in [0.05, 0.1) is 28.2 Å². The lowest BCUT2D eigenvalue weighted by atomic mass is 9.55. The van der Waals surface area contributed by atoms with Gasteiger partial charge in [0, 0.05) is 29.1 Å². The third kappa shape index (κ3) is 4.65. The van der Waals surface area contributed by atoms with Crippen LogP contribution in [-0.4, -0.2) is 26.9 Å². The zero-order valence-electron chi connectivity index (χ0n) is 22.2. The number of carbonyl (C=O) groups is 2. The number of benzene rings is 2. The van der Waals surface area contributed by atoms with Gasteiger partial charge in [-0.2, -0.15) is 18.2 Å². The zero-order chi connectivity index (χ0) is 30.7. The number of phenolic OH excluding ortho intramolecular Hbond substituents is 1. The number of rotatable bonds is 5. The molecule has 3 unspecified atom stereocenters. The number of imide groups is 1. The molecule has 0 bridgehead atoms. The van der Waals surface area contributed by atoms with Gasteiger partial charge in [-0.3, -0.25) is 15.0 Å². The summed E-state index contributed by atoms with van der Waals surface area (Å²) in [7, 11) is 0. The predicted molar refractivity (Wildman–Crippen MR) is 153 cm³/mol. The fourth-order valence-electron chi connectivity index (χ4n) is 6.23. The maximum Gasteiger partial charge on any atom is 0.417 e. The van der Waals surface area contributed by atoms with Crippen LogP contribution in [0.5, 0.6) is 11.5 Å². The number of hydrogen-bond donors (Lipinski definition) is 2. The summed E-state index contributed by atoms with van der Waals surface area (Å²) in [5.74, 6) is -2.67. The number of pyridine rings is 1. The van der Waals surface area contributed by atoms with Gasteiger partial charge in [-0.15, -0.1) is 0 Å². The van der Waals surface area contributed by atoms with E-state index in [1.54, 1.807) is 48.7 Å². The fraction of sp³-hybridized carbons (Fsp3) is 0.194. The minimum Gasteiger partial charge on any atom is -0.508 e. The van der Waals surface area contributed by atoms with Crippen LogP contribution in [0.2, 0.25) is 10.0 Å². The number of ether oxygens (including phenoxy) is 1. The molecule has 3 heterocycles. The van der Waals surface area contributed by atoms with Crippen LogP contribution >= 0.6 is 23.2 Å². The smallest absolute Gasteiger partial charge is 0.417 e. The number of amides is 2. The van der Waals surface area contributed by atoms with Crippen molar-refractivity contribution in [2.45, 2.75) is 24.4 Å². The van der Waals surface area contributed by atoms with E-state index >= 15 is 0 Å². The van der Waals surface area contributed by atoms with Gasteiger partial charge >= 0.3 is 6.18 Å². The second kappa shape index (κ2) is 10.5. The lowest BCUT2D eigenvalue weighted by Crippen LogP contribution is -2.51. The number of fused-ring (bicyclic) bond motifs is 2. The first-order valence-electron chi connectivity index (χ1n) is 13.1.